The molecular formula is C20H22F2O3. The molecule has 0 bridgehead atoms. The van der Waals surface area contributed by atoms with Gasteiger partial charge in [0.2, 0.25) is 0 Å². The predicted octanol–water partition coefficient (Wildman–Crippen LogP) is 5.13. The summed E-state index contributed by atoms with van der Waals surface area (Å²) in [5.41, 5.74) is -0.264. The van der Waals surface area contributed by atoms with E-state index in [0.717, 1.165) is 12.5 Å². The summed E-state index contributed by atoms with van der Waals surface area (Å²) in [7, 11) is 0. The van der Waals surface area contributed by atoms with Crippen molar-refractivity contribution in [1.29, 1.82) is 0 Å². The van der Waals surface area contributed by atoms with Gasteiger partial charge in [-0.25, -0.2) is 13.6 Å². The molecule has 2 rings (SSSR count). The number of carbonyl (C=O) groups is 1. The first kappa shape index (κ1) is 18.9. The lowest BCUT2D eigenvalue weighted by molar-refractivity contribution is -0.164. The Kier molecular flexibility index (Phi) is 5.77. The van der Waals surface area contributed by atoms with Crippen LogP contribution in [0, 0.1) is 11.6 Å². The average molecular weight is 348 g/mol. The normalized spacial score (nSPS) is 12.6. The average Bonchev–Trinajstić information content (AvgIpc) is 2.55. The van der Waals surface area contributed by atoms with Gasteiger partial charge >= 0.3 is 5.97 Å². The summed E-state index contributed by atoms with van der Waals surface area (Å²) >= 11 is 0. The number of halogens is 2. The van der Waals surface area contributed by atoms with Gasteiger partial charge in [-0.3, -0.25) is 0 Å². The van der Waals surface area contributed by atoms with Gasteiger partial charge in [0.15, 0.2) is 5.60 Å². The second-order valence-electron chi connectivity index (χ2n) is 6.39. The van der Waals surface area contributed by atoms with Gasteiger partial charge in [0, 0.05) is 11.6 Å². The first-order chi connectivity index (χ1) is 11.7. The van der Waals surface area contributed by atoms with Crippen molar-refractivity contribution >= 4 is 5.97 Å². The van der Waals surface area contributed by atoms with E-state index in [1.54, 1.807) is 38.1 Å². The van der Waals surface area contributed by atoms with E-state index in [4.69, 9.17) is 9.47 Å². The van der Waals surface area contributed by atoms with Crippen molar-refractivity contribution in [2.75, 3.05) is 0 Å². The maximum absolute atomic E-state index is 13.8. The molecule has 134 valence electrons. The summed E-state index contributed by atoms with van der Waals surface area (Å²) in [6.45, 7) is 7.01. The number of hydrogen-bond acceptors (Lipinski definition) is 3. The molecule has 1 atom stereocenters. The molecule has 0 saturated carbocycles. The summed E-state index contributed by atoms with van der Waals surface area (Å²) in [6.07, 6.45) is 0.541. The highest BCUT2D eigenvalue weighted by Gasteiger charge is 2.32. The molecule has 0 aliphatic rings. The molecule has 0 heterocycles. The summed E-state index contributed by atoms with van der Waals surface area (Å²) in [5.74, 6) is -1.25. The van der Waals surface area contributed by atoms with Crippen molar-refractivity contribution in [3.05, 3.63) is 54.1 Å². The van der Waals surface area contributed by atoms with Crippen LogP contribution in [0.3, 0.4) is 0 Å². The van der Waals surface area contributed by atoms with Crippen LogP contribution >= 0.6 is 0 Å². The Morgan fingerprint density at radius 1 is 1.12 bits per heavy atom. The molecule has 25 heavy (non-hydrogen) atoms. The fraction of sp³-hybridized carbons (Fsp3) is 0.350. The van der Waals surface area contributed by atoms with Gasteiger partial charge in [-0.05, 0) is 57.0 Å². The maximum atomic E-state index is 13.8. The molecule has 0 spiro atoms. The second-order valence-corrected chi connectivity index (χ2v) is 6.39. The standard InChI is InChI=1S/C20H22F2O3/c1-5-13(2)24-19(23)20(3,4)25-16-9-6-14(7-10-16)17-11-8-15(21)12-18(17)22/h6-13H,5H2,1-4H3. The van der Waals surface area contributed by atoms with E-state index in [1.807, 2.05) is 13.8 Å². The van der Waals surface area contributed by atoms with E-state index < -0.39 is 23.2 Å². The number of esters is 1. The SMILES string of the molecule is CCC(C)OC(=O)C(C)(C)Oc1ccc(-c2ccc(F)cc2F)cc1. The highest BCUT2D eigenvalue weighted by molar-refractivity contribution is 5.79. The third-order valence-corrected chi connectivity index (χ3v) is 3.84. The quantitative estimate of drug-likeness (QED) is 0.679. The molecule has 0 radical (unpaired) electrons. The summed E-state index contributed by atoms with van der Waals surface area (Å²) < 4.78 is 37.9. The molecule has 0 N–H and O–H groups in total. The van der Waals surface area contributed by atoms with Crippen molar-refractivity contribution < 1.29 is 23.0 Å². The lowest BCUT2D eigenvalue weighted by Gasteiger charge is -2.26. The Balaban J connectivity index is 2.13. The lowest BCUT2D eigenvalue weighted by atomic mass is 10.0. The Bertz CT molecular complexity index is 739. The van der Waals surface area contributed by atoms with Crippen LogP contribution in [0.4, 0.5) is 8.78 Å². The van der Waals surface area contributed by atoms with Gasteiger partial charge in [0.25, 0.3) is 0 Å². The van der Waals surface area contributed by atoms with Gasteiger partial charge < -0.3 is 9.47 Å². The first-order valence-electron chi connectivity index (χ1n) is 8.18. The van der Waals surface area contributed by atoms with Crippen LogP contribution in [-0.4, -0.2) is 17.7 Å². The van der Waals surface area contributed by atoms with Gasteiger partial charge in [-0.15, -0.1) is 0 Å². The minimum atomic E-state index is -1.15. The molecule has 0 aliphatic heterocycles. The zero-order valence-corrected chi connectivity index (χ0v) is 14.8. The molecule has 5 heteroatoms. The van der Waals surface area contributed by atoms with E-state index in [2.05, 4.69) is 0 Å². The van der Waals surface area contributed by atoms with E-state index in [0.29, 0.717) is 16.9 Å². The molecule has 2 aromatic carbocycles. The van der Waals surface area contributed by atoms with Gasteiger partial charge in [0.05, 0.1) is 6.10 Å². The van der Waals surface area contributed by atoms with Crippen molar-refractivity contribution in [2.45, 2.75) is 45.8 Å². The zero-order valence-electron chi connectivity index (χ0n) is 14.8. The van der Waals surface area contributed by atoms with Crippen LogP contribution in [-0.2, 0) is 9.53 Å². The van der Waals surface area contributed by atoms with Crippen molar-refractivity contribution in [3.8, 4) is 16.9 Å². The molecule has 0 aliphatic carbocycles. The van der Waals surface area contributed by atoms with Gasteiger partial charge in [-0.2, -0.15) is 0 Å². The Labute approximate surface area is 146 Å². The fourth-order valence-corrected chi connectivity index (χ4v) is 2.17. The van der Waals surface area contributed by atoms with E-state index in [-0.39, 0.29) is 6.10 Å². The number of hydrogen-bond donors (Lipinski definition) is 0. The van der Waals surface area contributed by atoms with Gasteiger partial charge in [-0.1, -0.05) is 19.1 Å². The van der Waals surface area contributed by atoms with Gasteiger partial charge in [0.1, 0.15) is 17.4 Å². The van der Waals surface area contributed by atoms with Crippen LogP contribution in [0.1, 0.15) is 34.1 Å². The molecule has 0 saturated heterocycles. The van der Waals surface area contributed by atoms with E-state index in [9.17, 15) is 13.6 Å². The fourth-order valence-electron chi connectivity index (χ4n) is 2.17. The zero-order chi connectivity index (χ0) is 18.6. The predicted molar refractivity (Wildman–Crippen MR) is 92.3 cm³/mol. The summed E-state index contributed by atoms with van der Waals surface area (Å²) in [6, 6.07) is 10.0. The van der Waals surface area contributed by atoms with Crippen LogP contribution in [0.15, 0.2) is 42.5 Å². The molecule has 3 nitrogen and oxygen atoms in total. The second kappa shape index (κ2) is 7.64. The highest BCUT2D eigenvalue weighted by atomic mass is 19.1. The molecular weight excluding hydrogens is 326 g/mol. The lowest BCUT2D eigenvalue weighted by Crippen LogP contribution is -2.41. The minimum Gasteiger partial charge on any atom is -0.476 e. The van der Waals surface area contributed by atoms with E-state index in [1.165, 1.54) is 12.1 Å². The van der Waals surface area contributed by atoms with Crippen LogP contribution in [0.5, 0.6) is 5.75 Å². The third kappa shape index (κ3) is 4.78. The van der Waals surface area contributed by atoms with E-state index >= 15 is 0 Å². The Morgan fingerprint density at radius 3 is 2.32 bits per heavy atom. The van der Waals surface area contributed by atoms with Crippen LogP contribution < -0.4 is 4.74 Å². The molecule has 0 fully saturated rings. The third-order valence-electron chi connectivity index (χ3n) is 3.84. The molecule has 0 aromatic heterocycles. The topological polar surface area (TPSA) is 35.5 Å². The van der Waals surface area contributed by atoms with Crippen molar-refractivity contribution in [2.24, 2.45) is 0 Å². The number of rotatable bonds is 6. The highest BCUT2D eigenvalue weighted by Crippen LogP contribution is 2.27. The molecule has 0 amide bonds. The Hall–Kier alpha value is -2.43. The monoisotopic (exact) mass is 348 g/mol. The summed E-state index contributed by atoms with van der Waals surface area (Å²) in [5, 5.41) is 0. The van der Waals surface area contributed by atoms with Crippen molar-refractivity contribution in [1.82, 2.24) is 0 Å². The number of carbonyl (C=O) groups excluding carboxylic acids is 1. The van der Waals surface area contributed by atoms with Crippen LogP contribution in [0.2, 0.25) is 0 Å². The number of benzene rings is 2. The Morgan fingerprint density at radius 2 is 1.76 bits per heavy atom. The smallest absolute Gasteiger partial charge is 0.350 e. The number of ether oxygens (including phenoxy) is 2. The largest absolute Gasteiger partial charge is 0.476 e. The van der Waals surface area contributed by atoms with Crippen LogP contribution in [0.25, 0.3) is 11.1 Å². The maximum Gasteiger partial charge on any atom is 0.350 e. The first-order valence-corrected chi connectivity index (χ1v) is 8.18. The van der Waals surface area contributed by atoms with Crippen molar-refractivity contribution in [3.63, 3.8) is 0 Å². The minimum absolute atomic E-state index is 0.181. The summed E-state index contributed by atoms with van der Waals surface area (Å²) in [4.78, 5) is 12.2. The molecule has 2 aromatic rings. The molecule has 1 unspecified atom stereocenters.